The number of hydrazone groups is 1. The predicted octanol–water partition coefficient (Wildman–Crippen LogP) is 3.86. The van der Waals surface area contributed by atoms with Gasteiger partial charge >= 0.3 is 0 Å². The number of amides is 1. The third-order valence-electron chi connectivity index (χ3n) is 3.81. The van der Waals surface area contributed by atoms with Crippen LogP contribution >= 0.6 is 11.6 Å². The maximum absolute atomic E-state index is 12.0. The summed E-state index contributed by atoms with van der Waals surface area (Å²) in [5.41, 5.74) is 4.07. The molecule has 0 radical (unpaired) electrons. The molecule has 0 heterocycles. The van der Waals surface area contributed by atoms with E-state index in [4.69, 9.17) is 11.6 Å². The lowest BCUT2D eigenvalue weighted by Crippen LogP contribution is -2.21. The van der Waals surface area contributed by atoms with Crippen LogP contribution in [0.1, 0.15) is 29.8 Å². The predicted molar refractivity (Wildman–Crippen MR) is 103 cm³/mol. The zero-order valence-corrected chi connectivity index (χ0v) is 15.2. The number of rotatable bonds is 7. The van der Waals surface area contributed by atoms with Crippen molar-refractivity contribution in [2.45, 2.75) is 13.8 Å². The highest BCUT2D eigenvalue weighted by atomic mass is 35.5. The van der Waals surface area contributed by atoms with Crippen LogP contribution in [0, 0.1) is 10.1 Å². The number of anilines is 1. The number of carbonyl (C=O) groups is 1. The normalized spacial score (nSPS) is 10.7. The lowest BCUT2D eigenvalue weighted by Gasteiger charge is -2.20. The van der Waals surface area contributed by atoms with E-state index in [-0.39, 0.29) is 16.3 Å². The summed E-state index contributed by atoms with van der Waals surface area (Å²) >= 11 is 5.73. The number of nitro groups is 1. The summed E-state index contributed by atoms with van der Waals surface area (Å²) in [6.07, 6.45) is 1.51. The van der Waals surface area contributed by atoms with Crippen LogP contribution in [0.15, 0.2) is 47.6 Å². The first-order chi connectivity index (χ1) is 12.5. The molecular formula is C18H19ClN4O3. The quantitative estimate of drug-likeness (QED) is 0.453. The summed E-state index contributed by atoms with van der Waals surface area (Å²) < 4.78 is 0. The number of nitrogens with zero attached hydrogens (tertiary/aromatic N) is 3. The van der Waals surface area contributed by atoms with E-state index in [0.717, 1.165) is 30.4 Å². The van der Waals surface area contributed by atoms with E-state index in [1.54, 1.807) is 0 Å². The zero-order valence-electron chi connectivity index (χ0n) is 14.5. The number of hydrogen-bond acceptors (Lipinski definition) is 5. The highest BCUT2D eigenvalue weighted by molar-refractivity contribution is 6.32. The van der Waals surface area contributed by atoms with Crippen molar-refractivity contribution in [2.24, 2.45) is 5.10 Å². The van der Waals surface area contributed by atoms with Crippen molar-refractivity contribution in [3.05, 3.63) is 68.7 Å². The minimum Gasteiger partial charge on any atom is -0.372 e. The van der Waals surface area contributed by atoms with Crippen LogP contribution in [0.25, 0.3) is 0 Å². The Hall–Kier alpha value is -2.93. The fourth-order valence-corrected chi connectivity index (χ4v) is 2.57. The number of nitrogens with one attached hydrogen (secondary N) is 1. The van der Waals surface area contributed by atoms with Gasteiger partial charge in [0.2, 0.25) is 0 Å². The van der Waals surface area contributed by atoms with Gasteiger partial charge in [-0.05, 0) is 43.7 Å². The number of halogens is 1. The average Bonchev–Trinajstić information content (AvgIpc) is 2.64. The number of hydrogen-bond donors (Lipinski definition) is 1. The Morgan fingerprint density at radius 1 is 1.23 bits per heavy atom. The second-order valence-corrected chi connectivity index (χ2v) is 5.79. The Morgan fingerprint density at radius 3 is 2.46 bits per heavy atom. The molecular weight excluding hydrogens is 356 g/mol. The third-order valence-corrected chi connectivity index (χ3v) is 4.13. The molecule has 0 aromatic heterocycles. The van der Waals surface area contributed by atoms with Crippen molar-refractivity contribution in [2.75, 3.05) is 18.0 Å². The van der Waals surface area contributed by atoms with Gasteiger partial charge in [0.1, 0.15) is 5.02 Å². The van der Waals surface area contributed by atoms with Crippen LogP contribution in [0.5, 0.6) is 0 Å². The molecule has 0 aliphatic carbocycles. The smallest absolute Gasteiger partial charge is 0.288 e. The highest BCUT2D eigenvalue weighted by Gasteiger charge is 2.15. The molecule has 0 unspecified atom stereocenters. The summed E-state index contributed by atoms with van der Waals surface area (Å²) in [5.74, 6) is -0.555. The number of carbonyl (C=O) groups excluding carboxylic acids is 1. The first kappa shape index (κ1) is 19.4. The molecule has 136 valence electrons. The van der Waals surface area contributed by atoms with Crippen molar-refractivity contribution in [3.63, 3.8) is 0 Å². The average molecular weight is 375 g/mol. The van der Waals surface area contributed by atoms with Gasteiger partial charge < -0.3 is 4.90 Å². The second kappa shape index (κ2) is 8.96. The molecule has 0 saturated carbocycles. The van der Waals surface area contributed by atoms with Crippen molar-refractivity contribution >= 4 is 35.1 Å². The van der Waals surface area contributed by atoms with Crippen LogP contribution in [0.2, 0.25) is 5.02 Å². The van der Waals surface area contributed by atoms with Gasteiger partial charge in [-0.3, -0.25) is 14.9 Å². The largest absolute Gasteiger partial charge is 0.372 e. The number of benzene rings is 2. The van der Waals surface area contributed by atoms with E-state index < -0.39 is 10.8 Å². The lowest BCUT2D eigenvalue weighted by atomic mass is 10.2. The van der Waals surface area contributed by atoms with Crippen LogP contribution < -0.4 is 10.3 Å². The SMILES string of the molecule is CCN(CC)c1ccc(/C=N/NC(=O)c2ccc(Cl)c([N+](=O)[O-])c2)cc1. The topological polar surface area (TPSA) is 87.8 Å². The number of nitro benzene ring substituents is 1. The molecule has 0 bridgehead atoms. The Bertz CT molecular complexity index is 818. The Morgan fingerprint density at radius 2 is 1.88 bits per heavy atom. The molecule has 2 rings (SSSR count). The van der Waals surface area contributed by atoms with Crippen molar-refractivity contribution in [1.82, 2.24) is 5.43 Å². The molecule has 0 aliphatic rings. The first-order valence-electron chi connectivity index (χ1n) is 8.08. The monoisotopic (exact) mass is 374 g/mol. The van der Waals surface area contributed by atoms with Crippen LogP contribution in [0.4, 0.5) is 11.4 Å². The molecule has 0 fully saturated rings. The molecule has 0 aliphatic heterocycles. The van der Waals surface area contributed by atoms with Gasteiger partial charge in [-0.15, -0.1) is 0 Å². The standard InChI is InChI=1S/C18H19ClN4O3/c1-3-22(4-2)15-8-5-13(6-9-15)12-20-21-18(24)14-7-10-16(19)17(11-14)23(25)26/h5-12H,3-4H2,1-2H3,(H,21,24)/b20-12+. The van der Waals surface area contributed by atoms with Crippen LogP contribution in [-0.4, -0.2) is 30.1 Å². The zero-order chi connectivity index (χ0) is 19.1. The van der Waals surface area contributed by atoms with E-state index >= 15 is 0 Å². The molecule has 1 amide bonds. The molecule has 1 N–H and O–H groups in total. The van der Waals surface area contributed by atoms with Crippen molar-refractivity contribution in [1.29, 1.82) is 0 Å². The minimum atomic E-state index is -0.639. The maximum atomic E-state index is 12.0. The molecule has 2 aromatic rings. The van der Waals surface area contributed by atoms with E-state index in [1.807, 2.05) is 24.3 Å². The van der Waals surface area contributed by atoms with Gasteiger partial charge in [0.15, 0.2) is 0 Å². The Kier molecular flexibility index (Phi) is 6.68. The Labute approximate surface area is 156 Å². The van der Waals surface area contributed by atoms with Gasteiger partial charge in [0, 0.05) is 30.4 Å². The fourth-order valence-electron chi connectivity index (χ4n) is 2.38. The lowest BCUT2D eigenvalue weighted by molar-refractivity contribution is -0.384. The second-order valence-electron chi connectivity index (χ2n) is 5.39. The van der Waals surface area contributed by atoms with Gasteiger partial charge in [-0.2, -0.15) is 5.10 Å². The highest BCUT2D eigenvalue weighted by Crippen LogP contribution is 2.25. The molecule has 26 heavy (non-hydrogen) atoms. The molecule has 0 spiro atoms. The summed E-state index contributed by atoms with van der Waals surface area (Å²) in [7, 11) is 0. The van der Waals surface area contributed by atoms with E-state index in [1.165, 1.54) is 18.3 Å². The van der Waals surface area contributed by atoms with Gasteiger partial charge in [-0.1, -0.05) is 23.7 Å². The van der Waals surface area contributed by atoms with Crippen LogP contribution in [0.3, 0.4) is 0 Å². The van der Waals surface area contributed by atoms with Crippen LogP contribution in [-0.2, 0) is 0 Å². The first-order valence-corrected chi connectivity index (χ1v) is 8.46. The molecule has 2 aromatic carbocycles. The summed E-state index contributed by atoms with van der Waals surface area (Å²) in [6.45, 7) is 6.03. The molecule has 0 saturated heterocycles. The van der Waals surface area contributed by atoms with Gasteiger partial charge in [0.25, 0.3) is 11.6 Å². The molecule has 8 heteroatoms. The maximum Gasteiger partial charge on any atom is 0.288 e. The summed E-state index contributed by atoms with van der Waals surface area (Å²) in [4.78, 5) is 24.5. The molecule has 7 nitrogen and oxygen atoms in total. The van der Waals surface area contributed by atoms with Crippen molar-refractivity contribution < 1.29 is 9.72 Å². The van der Waals surface area contributed by atoms with Crippen molar-refractivity contribution in [3.8, 4) is 0 Å². The Balaban J connectivity index is 2.03. The summed E-state index contributed by atoms with van der Waals surface area (Å²) in [6, 6.07) is 11.6. The molecule has 0 atom stereocenters. The van der Waals surface area contributed by atoms with E-state index in [9.17, 15) is 14.9 Å². The summed E-state index contributed by atoms with van der Waals surface area (Å²) in [5, 5.41) is 14.7. The van der Waals surface area contributed by atoms with Gasteiger partial charge in [0.05, 0.1) is 11.1 Å². The van der Waals surface area contributed by atoms with Gasteiger partial charge in [-0.25, -0.2) is 5.43 Å². The third kappa shape index (κ3) is 4.80. The van der Waals surface area contributed by atoms with E-state index in [2.05, 4.69) is 29.3 Å². The van der Waals surface area contributed by atoms with E-state index in [0.29, 0.717) is 0 Å². The fraction of sp³-hybridized carbons (Fsp3) is 0.222. The minimum absolute atomic E-state index is 0.0247.